The van der Waals surface area contributed by atoms with Gasteiger partial charge in [-0.15, -0.1) is 0 Å². The Kier molecular flexibility index (Phi) is 7.37. The van der Waals surface area contributed by atoms with Crippen molar-refractivity contribution < 1.29 is 23.8 Å². The summed E-state index contributed by atoms with van der Waals surface area (Å²) >= 11 is 6.07. The summed E-state index contributed by atoms with van der Waals surface area (Å²) in [5, 5.41) is 0.272. The molecule has 0 aliphatic heterocycles. The summed E-state index contributed by atoms with van der Waals surface area (Å²) in [6.45, 7) is 3.42. The molecular weight excluding hydrogens is 370 g/mol. The molecule has 0 radical (unpaired) electrons. The number of halogens is 1. The highest BCUT2D eigenvalue weighted by Crippen LogP contribution is 2.23. The standard InChI is InChI=1S/C20H20ClNO5/c1-13(2)27-19(23)12-26-16-7-4-14(5-8-16)11-22-15-6-9-17(18(21)10-15)20(24)25-3/h4-11,13H,12H2,1-3H3. The van der Waals surface area contributed by atoms with Crippen LogP contribution in [0.1, 0.15) is 29.8 Å². The maximum atomic E-state index is 11.5. The van der Waals surface area contributed by atoms with Crippen molar-refractivity contribution in [3.05, 3.63) is 58.6 Å². The molecule has 142 valence electrons. The second-order valence-corrected chi connectivity index (χ2v) is 6.22. The van der Waals surface area contributed by atoms with Crippen LogP contribution in [0.15, 0.2) is 47.5 Å². The largest absolute Gasteiger partial charge is 0.482 e. The van der Waals surface area contributed by atoms with E-state index in [2.05, 4.69) is 9.73 Å². The van der Waals surface area contributed by atoms with E-state index in [1.807, 2.05) is 0 Å². The van der Waals surface area contributed by atoms with Gasteiger partial charge in [0.05, 0.1) is 29.5 Å². The van der Waals surface area contributed by atoms with Crippen LogP contribution >= 0.6 is 11.6 Å². The van der Waals surface area contributed by atoms with Crippen molar-refractivity contribution in [2.75, 3.05) is 13.7 Å². The minimum atomic E-state index is -0.497. The van der Waals surface area contributed by atoms with Crippen LogP contribution in [-0.2, 0) is 14.3 Å². The van der Waals surface area contributed by atoms with E-state index in [0.717, 1.165) is 5.56 Å². The third-order valence-corrected chi connectivity index (χ3v) is 3.64. The van der Waals surface area contributed by atoms with Gasteiger partial charge in [0.2, 0.25) is 0 Å². The molecule has 0 aliphatic rings. The molecule has 0 unspecified atom stereocenters. The molecule has 7 heteroatoms. The van der Waals surface area contributed by atoms with Gasteiger partial charge in [0.25, 0.3) is 0 Å². The number of ether oxygens (including phenoxy) is 3. The Hall–Kier alpha value is -2.86. The van der Waals surface area contributed by atoms with Crippen LogP contribution in [0.3, 0.4) is 0 Å². The lowest BCUT2D eigenvalue weighted by atomic mass is 10.2. The summed E-state index contributed by atoms with van der Waals surface area (Å²) in [5.41, 5.74) is 1.72. The van der Waals surface area contributed by atoms with Crippen LogP contribution in [-0.4, -0.2) is 38.0 Å². The molecule has 2 aromatic rings. The normalized spacial score (nSPS) is 10.9. The molecule has 0 saturated carbocycles. The van der Waals surface area contributed by atoms with Crippen molar-refractivity contribution >= 4 is 35.4 Å². The Bertz CT molecular complexity index is 831. The Morgan fingerprint density at radius 2 is 1.85 bits per heavy atom. The van der Waals surface area contributed by atoms with E-state index < -0.39 is 11.9 Å². The van der Waals surface area contributed by atoms with Gasteiger partial charge in [-0.25, -0.2) is 9.59 Å². The average Bonchev–Trinajstić information content (AvgIpc) is 2.64. The lowest BCUT2D eigenvalue weighted by Gasteiger charge is -2.09. The summed E-state index contributed by atoms with van der Waals surface area (Å²) < 4.78 is 15.0. The summed E-state index contributed by atoms with van der Waals surface area (Å²) in [4.78, 5) is 27.3. The first-order chi connectivity index (χ1) is 12.9. The fourth-order valence-electron chi connectivity index (χ4n) is 2.10. The molecule has 2 aromatic carbocycles. The zero-order chi connectivity index (χ0) is 19.8. The molecule has 0 spiro atoms. The van der Waals surface area contributed by atoms with Gasteiger partial charge in [0.15, 0.2) is 6.61 Å². The first-order valence-electron chi connectivity index (χ1n) is 8.23. The van der Waals surface area contributed by atoms with Crippen molar-refractivity contribution in [2.45, 2.75) is 20.0 Å². The fourth-order valence-corrected chi connectivity index (χ4v) is 2.35. The zero-order valence-corrected chi connectivity index (χ0v) is 16.0. The van der Waals surface area contributed by atoms with Gasteiger partial charge in [0.1, 0.15) is 5.75 Å². The van der Waals surface area contributed by atoms with Gasteiger partial charge in [-0.3, -0.25) is 4.99 Å². The maximum absolute atomic E-state index is 11.5. The third-order valence-electron chi connectivity index (χ3n) is 3.32. The van der Waals surface area contributed by atoms with Crippen molar-refractivity contribution in [2.24, 2.45) is 4.99 Å². The molecule has 0 aromatic heterocycles. The van der Waals surface area contributed by atoms with E-state index in [0.29, 0.717) is 11.4 Å². The monoisotopic (exact) mass is 389 g/mol. The molecule has 0 fully saturated rings. The maximum Gasteiger partial charge on any atom is 0.344 e. The van der Waals surface area contributed by atoms with Gasteiger partial charge in [-0.2, -0.15) is 0 Å². The number of hydrogen-bond donors (Lipinski definition) is 0. The zero-order valence-electron chi connectivity index (χ0n) is 15.3. The Morgan fingerprint density at radius 3 is 2.44 bits per heavy atom. The molecule has 0 heterocycles. The second kappa shape index (κ2) is 9.73. The first-order valence-corrected chi connectivity index (χ1v) is 8.61. The van der Waals surface area contributed by atoms with Crippen LogP contribution in [0.2, 0.25) is 5.02 Å². The number of carbonyl (C=O) groups excluding carboxylic acids is 2. The van der Waals surface area contributed by atoms with Crippen molar-refractivity contribution in [3.8, 4) is 5.75 Å². The van der Waals surface area contributed by atoms with Crippen LogP contribution in [0.4, 0.5) is 5.69 Å². The molecule has 27 heavy (non-hydrogen) atoms. The predicted octanol–water partition coefficient (Wildman–Crippen LogP) is 4.21. The number of methoxy groups -OCH3 is 1. The molecule has 0 amide bonds. The summed E-state index contributed by atoms with van der Waals surface area (Å²) in [7, 11) is 1.30. The van der Waals surface area contributed by atoms with Crippen molar-refractivity contribution in [3.63, 3.8) is 0 Å². The SMILES string of the molecule is COC(=O)c1ccc(N=Cc2ccc(OCC(=O)OC(C)C)cc2)cc1Cl. The molecular formula is C20H20ClNO5. The Balaban J connectivity index is 1.97. The number of hydrogen-bond acceptors (Lipinski definition) is 6. The van der Waals surface area contributed by atoms with Crippen LogP contribution < -0.4 is 4.74 Å². The van der Waals surface area contributed by atoms with Crippen molar-refractivity contribution in [1.82, 2.24) is 0 Å². The van der Waals surface area contributed by atoms with E-state index in [1.165, 1.54) is 7.11 Å². The second-order valence-electron chi connectivity index (χ2n) is 5.81. The Labute approximate surface area is 162 Å². The molecule has 2 rings (SSSR count). The summed E-state index contributed by atoms with van der Waals surface area (Å²) in [6.07, 6.45) is 1.48. The number of benzene rings is 2. The fraction of sp³-hybridized carbons (Fsp3) is 0.250. The third kappa shape index (κ3) is 6.42. The number of carbonyl (C=O) groups is 2. The lowest BCUT2D eigenvalue weighted by Crippen LogP contribution is -2.18. The molecule has 0 bridgehead atoms. The topological polar surface area (TPSA) is 74.2 Å². The highest BCUT2D eigenvalue weighted by atomic mass is 35.5. The molecule has 0 aliphatic carbocycles. The van der Waals surface area contributed by atoms with E-state index >= 15 is 0 Å². The predicted molar refractivity (Wildman–Crippen MR) is 103 cm³/mol. The minimum absolute atomic E-state index is 0.142. The highest BCUT2D eigenvalue weighted by Gasteiger charge is 2.10. The lowest BCUT2D eigenvalue weighted by molar-refractivity contribution is -0.149. The quantitative estimate of drug-likeness (QED) is 0.524. The van der Waals surface area contributed by atoms with Crippen LogP contribution in [0, 0.1) is 0 Å². The summed E-state index contributed by atoms with van der Waals surface area (Å²) in [6, 6.07) is 11.9. The van der Waals surface area contributed by atoms with Gasteiger partial charge in [0, 0.05) is 6.21 Å². The summed E-state index contributed by atoms with van der Waals surface area (Å²) in [5.74, 6) is -0.357. The van der Waals surface area contributed by atoms with E-state index in [1.54, 1.807) is 62.5 Å². The average molecular weight is 390 g/mol. The number of nitrogens with zero attached hydrogens (tertiary/aromatic N) is 1. The van der Waals surface area contributed by atoms with Gasteiger partial charge in [-0.1, -0.05) is 11.6 Å². The van der Waals surface area contributed by atoms with Crippen LogP contribution in [0.5, 0.6) is 5.75 Å². The minimum Gasteiger partial charge on any atom is -0.482 e. The smallest absolute Gasteiger partial charge is 0.344 e. The highest BCUT2D eigenvalue weighted by molar-refractivity contribution is 6.33. The molecule has 0 saturated heterocycles. The number of esters is 2. The first kappa shape index (κ1) is 20.5. The van der Waals surface area contributed by atoms with Gasteiger partial charge >= 0.3 is 11.9 Å². The Morgan fingerprint density at radius 1 is 1.15 bits per heavy atom. The molecule has 0 N–H and O–H groups in total. The van der Waals surface area contributed by atoms with E-state index in [9.17, 15) is 9.59 Å². The molecule has 0 atom stereocenters. The number of aliphatic imine (C=N–C) groups is 1. The van der Waals surface area contributed by atoms with Gasteiger partial charge < -0.3 is 14.2 Å². The van der Waals surface area contributed by atoms with Gasteiger partial charge in [-0.05, 0) is 61.9 Å². The van der Waals surface area contributed by atoms with Crippen LogP contribution in [0.25, 0.3) is 0 Å². The number of rotatable bonds is 7. The van der Waals surface area contributed by atoms with E-state index in [4.69, 9.17) is 21.1 Å². The van der Waals surface area contributed by atoms with Crippen molar-refractivity contribution in [1.29, 1.82) is 0 Å². The molecule has 6 nitrogen and oxygen atoms in total. The van der Waals surface area contributed by atoms with E-state index in [-0.39, 0.29) is 23.3 Å².